The van der Waals surface area contributed by atoms with E-state index in [1.165, 1.54) is 0 Å². The molecule has 6 heteroatoms. The monoisotopic (exact) mass is 278 g/mol. The van der Waals surface area contributed by atoms with Crippen LogP contribution < -0.4 is 11.5 Å². The van der Waals surface area contributed by atoms with Gasteiger partial charge in [0.05, 0.1) is 0 Å². The Kier molecular flexibility index (Phi) is 3.90. The van der Waals surface area contributed by atoms with E-state index in [0.29, 0.717) is 6.42 Å². The summed E-state index contributed by atoms with van der Waals surface area (Å²) in [5.74, 6) is 0. The summed E-state index contributed by atoms with van der Waals surface area (Å²) >= 11 is 24.6. The first kappa shape index (κ1) is 13.1. The van der Waals surface area contributed by atoms with E-state index in [2.05, 4.69) is 0 Å². The summed E-state index contributed by atoms with van der Waals surface area (Å²) in [6, 6.07) is 0. The first-order valence-electron chi connectivity index (χ1n) is 4.49. The number of hydrogen-bond acceptors (Lipinski definition) is 2. The van der Waals surface area contributed by atoms with Crippen LogP contribution in [0.4, 0.5) is 0 Å². The molecule has 0 aliphatic heterocycles. The van der Waals surface area contributed by atoms with Crippen LogP contribution >= 0.6 is 46.4 Å². The smallest absolute Gasteiger partial charge is 0.158 e. The second-order valence-electron chi connectivity index (χ2n) is 3.82. The van der Waals surface area contributed by atoms with Gasteiger partial charge in [-0.25, -0.2) is 0 Å². The van der Waals surface area contributed by atoms with Gasteiger partial charge in [-0.2, -0.15) is 0 Å². The van der Waals surface area contributed by atoms with E-state index in [1.54, 1.807) is 0 Å². The van der Waals surface area contributed by atoms with Crippen LogP contribution in [-0.4, -0.2) is 21.8 Å². The third-order valence-corrected chi connectivity index (χ3v) is 5.83. The van der Waals surface area contributed by atoms with E-state index < -0.39 is 14.1 Å². The third kappa shape index (κ3) is 1.74. The molecule has 0 bridgehead atoms. The summed E-state index contributed by atoms with van der Waals surface area (Å²) in [5.41, 5.74) is 10.8. The zero-order valence-corrected chi connectivity index (χ0v) is 10.7. The number of rotatable bonds is 2. The second kappa shape index (κ2) is 4.15. The Morgan fingerprint density at radius 1 is 0.929 bits per heavy atom. The maximum Gasteiger partial charge on any atom is 0.158 e. The lowest BCUT2D eigenvalue weighted by Gasteiger charge is -2.51. The van der Waals surface area contributed by atoms with Crippen LogP contribution in [0.2, 0.25) is 0 Å². The van der Waals surface area contributed by atoms with Crippen LogP contribution in [0.1, 0.15) is 19.3 Å². The number of nitrogens with two attached hydrogens (primary N) is 2. The Bertz CT molecular complexity index is 213. The molecule has 0 aromatic carbocycles. The van der Waals surface area contributed by atoms with Crippen molar-refractivity contribution in [3.63, 3.8) is 0 Å². The first-order valence-corrected chi connectivity index (χ1v) is 6.00. The molecule has 0 saturated heterocycles. The minimum atomic E-state index is -1.29. The normalized spacial score (nSPS) is 28.7. The maximum atomic E-state index is 6.23. The molecule has 4 N–H and O–H groups in total. The summed E-state index contributed by atoms with van der Waals surface area (Å²) in [5, 5.41) is 0. The summed E-state index contributed by atoms with van der Waals surface area (Å²) in [4.78, 5) is 0. The number of hydrogen-bond donors (Lipinski definition) is 2. The summed E-state index contributed by atoms with van der Waals surface area (Å²) in [6.45, 7) is 0.579. The Hall–Kier alpha value is 1.08. The quantitative estimate of drug-likeness (QED) is 0.763. The van der Waals surface area contributed by atoms with Crippen LogP contribution in [0.25, 0.3) is 0 Å². The zero-order chi connectivity index (χ0) is 11.0. The maximum absolute atomic E-state index is 6.23. The largest absolute Gasteiger partial charge is 0.330 e. The molecule has 0 spiro atoms. The zero-order valence-electron chi connectivity index (χ0n) is 7.70. The molecule has 1 saturated carbocycles. The van der Waals surface area contributed by atoms with Crippen LogP contribution in [0.15, 0.2) is 0 Å². The van der Waals surface area contributed by atoms with Crippen molar-refractivity contribution in [2.24, 2.45) is 16.9 Å². The van der Waals surface area contributed by atoms with Gasteiger partial charge in [0.15, 0.2) is 8.67 Å². The van der Waals surface area contributed by atoms with Crippen molar-refractivity contribution in [1.29, 1.82) is 0 Å². The molecule has 0 atom stereocenters. The highest BCUT2D eigenvalue weighted by atomic mass is 35.5. The summed E-state index contributed by atoms with van der Waals surface area (Å²) in [6.07, 6.45) is 2.15. The lowest BCUT2D eigenvalue weighted by Crippen LogP contribution is -2.60. The predicted octanol–water partition coefficient (Wildman–Crippen LogP) is 2.42. The lowest BCUT2D eigenvalue weighted by atomic mass is 9.72. The molecule has 14 heavy (non-hydrogen) atoms. The van der Waals surface area contributed by atoms with E-state index in [4.69, 9.17) is 57.9 Å². The molecule has 0 unspecified atom stereocenters. The summed E-state index contributed by atoms with van der Waals surface area (Å²) in [7, 11) is 0. The third-order valence-electron chi connectivity index (χ3n) is 3.05. The molecule has 1 aliphatic rings. The number of alkyl halides is 4. The second-order valence-corrected chi connectivity index (χ2v) is 6.63. The van der Waals surface area contributed by atoms with Crippen molar-refractivity contribution in [2.45, 2.75) is 27.9 Å². The van der Waals surface area contributed by atoms with Crippen LogP contribution in [0, 0.1) is 5.41 Å². The molecule has 1 rings (SSSR count). The molecular formula is C8H14Cl4N2. The molecule has 0 heterocycles. The minimum Gasteiger partial charge on any atom is -0.330 e. The van der Waals surface area contributed by atoms with E-state index >= 15 is 0 Å². The van der Waals surface area contributed by atoms with Crippen molar-refractivity contribution >= 4 is 46.4 Å². The van der Waals surface area contributed by atoms with Gasteiger partial charge in [0.1, 0.15) is 0 Å². The highest BCUT2D eigenvalue weighted by molar-refractivity contribution is 6.63. The van der Waals surface area contributed by atoms with Gasteiger partial charge in [-0.15, -0.1) is 0 Å². The van der Waals surface area contributed by atoms with E-state index in [1.807, 2.05) is 0 Å². The van der Waals surface area contributed by atoms with Gasteiger partial charge < -0.3 is 11.5 Å². The molecule has 0 aromatic rings. The molecule has 2 nitrogen and oxygen atoms in total. The Balaban J connectivity index is 3.07. The van der Waals surface area contributed by atoms with Crippen molar-refractivity contribution in [3.05, 3.63) is 0 Å². The molecular weight excluding hydrogens is 266 g/mol. The van der Waals surface area contributed by atoms with E-state index in [0.717, 1.165) is 12.8 Å². The van der Waals surface area contributed by atoms with Crippen molar-refractivity contribution in [1.82, 2.24) is 0 Å². The Labute approximate surface area is 104 Å². The highest BCUT2D eigenvalue weighted by Crippen LogP contribution is 2.60. The summed E-state index contributed by atoms with van der Waals surface area (Å²) < 4.78 is -2.46. The topological polar surface area (TPSA) is 52.0 Å². The van der Waals surface area contributed by atoms with Gasteiger partial charge in [0.2, 0.25) is 0 Å². The van der Waals surface area contributed by atoms with Crippen molar-refractivity contribution in [3.8, 4) is 0 Å². The number of halogens is 4. The van der Waals surface area contributed by atoms with Gasteiger partial charge in [0.25, 0.3) is 0 Å². The Morgan fingerprint density at radius 3 is 1.79 bits per heavy atom. The molecule has 0 radical (unpaired) electrons. The molecule has 0 amide bonds. The van der Waals surface area contributed by atoms with Crippen LogP contribution in [0.5, 0.6) is 0 Å². The highest BCUT2D eigenvalue weighted by Gasteiger charge is 2.61. The van der Waals surface area contributed by atoms with E-state index in [-0.39, 0.29) is 13.1 Å². The van der Waals surface area contributed by atoms with Crippen molar-refractivity contribution in [2.75, 3.05) is 13.1 Å². The molecule has 84 valence electrons. The van der Waals surface area contributed by atoms with E-state index in [9.17, 15) is 0 Å². The fourth-order valence-corrected chi connectivity index (χ4v) is 3.25. The first-order chi connectivity index (χ1) is 6.33. The predicted molar refractivity (Wildman–Crippen MR) is 63.3 cm³/mol. The molecule has 1 aliphatic carbocycles. The SMILES string of the molecule is NCC1(CN)CCCC(Cl)(Cl)C1(Cl)Cl. The lowest BCUT2D eigenvalue weighted by molar-refractivity contribution is 0.181. The van der Waals surface area contributed by atoms with Gasteiger partial charge in [-0.1, -0.05) is 46.4 Å². The average Bonchev–Trinajstić information content (AvgIpc) is 2.10. The van der Waals surface area contributed by atoms with Crippen LogP contribution in [0.3, 0.4) is 0 Å². The Morgan fingerprint density at radius 2 is 1.43 bits per heavy atom. The van der Waals surface area contributed by atoms with Gasteiger partial charge >= 0.3 is 0 Å². The fourth-order valence-electron chi connectivity index (χ4n) is 1.89. The van der Waals surface area contributed by atoms with Crippen molar-refractivity contribution < 1.29 is 0 Å². The van der Waals surface area contributed by atoms with Gasteiger partial charge in [0, 0.05) is 18.5 Å². The van der Waals surface area contributed by atoms with Gasteiger partial charge in [-0.3, -0.25) is 0 Å². The molecule has 0 aromatic heterocycles. The van der Waals surface area contributed by atoms with Gasteiger partial charge in [-0.05, 0) is 19.3 Å². The standard InChI is InChI=1S/C8H14Cl4N2/c9-7(10)3-1-2-6(4-13,5-14)8(7,11)12/h1-5,13-14H2. The average molecular weight is 280 g/mol. The minimum absolute atomic E-state index is 0.289. The van der Waals surface area contributed by atoms with Crippen LogP contribution in [-0.2, 0) is 0 Å². The molecule has 1 fully saturated rings. The fraction of sp³-hybridized carbons (Fsp3) is 1.00.